The number of nitrogens with one attached hydrogen (secondary N) is 2. The van der Waals surface area contributed by atoms with Crippen molar-refractivity contribution in [3.63, 3.8) is 0 Å². The number of aromatic nitrogens is 1. The van der Waals surface area contributed by atoms with Gasteiger partial charge in [0.1, 0.15) is 23.2 Å². The van der Waals surface area contributed by atoms with Gasteiger partial charge in [-0.05, 0) is 18.1 Å². The lowest BCUT2D eigenvalue weighted by atomic mass is 10.0. The molecule has 10 heteroatoms. The third kappa shape index (κ3) is 5.30. The van der Waals surface area contributed by atoms with Crippen LogP contribution in [0.15, 0.2) is 23.6 Å². The second kappa shape index (κ2) is 8.67. The second-order valence-electron chi connectivity index (χ2n) is 6.07. The maximum Gasteiger partial charge on any atom is 0.257 e. The lowest BCUT2D eigenvalue weighted by Crippen LogP contribution is -2.47. The Hall–Kier alpha value is -2.88. The van der Waals surface area contributed by atoms with Gasteiger partial charge in [-0.1, -0.05) is 19.9 Å². The van der Waals surface area contributed by atoms with Crippen LogP contribution in [0.2, 0.25) is 0 Å². The van der Waals surface area contributed by atoms with E-state index in [1.165, 1.54) is 0 Å². The van der Waals surface area contributed by atoms with Gasteiger partial charge in [0.25, 0.3) is 5.91 Å². The number of nitrogens with two attached hydrogens (primary N) is 1. The highest BCUT2D eigenvalue weighted by Gasteiger charge is 2.27. The number of carbonyl (C=O) groups is 3. The molecule has 0 fully saturated rings. The van der Waals surface area contributed by atoms with E-state index in [1.54, 1.807) is 19.2 Å². The van der Waals surface area contributed by atoms with Gasteiger partial charge in [0.05, 0.1) is 12.1 Å². The molecule has 1 aromatic heterocycles. The summed E-state index contributed by atoms with van der Waals surface area (Å²) in [6.07, 6.45) is -0.0662. The Kier molecular flexibility index (Phi) is 6.56. The van der Waals surface area contributed by atoms with Crippen LogP contribution in [0.4, 0.5) is 13.9 Å². The van der Waals surface area contributed by atoms with Crippen LogP contribution in [-0.4, -0.2) is 28.7 Å². The Morgan fingerprint density at radius 1 is 1.22 bits per heavy atom. The van der Waals surface area contributed by atoms with Crippen LogP contribution in [0, 0.1) is 17.6 Å². The first-order valence-electron chi connectivity index (χ1n) is 7.97. The minimum absolute atomic E-state index is 0.0662. The predicted octanol–water partition coefficient (Wildman–Crippen LogP) is 1.84. The average molecular weight is 396 g/mol. The average Bonchev–Trinajstić information content (AvgIpc) is 2.98. The van der Waals surface area contributed by atoms with Crippen LogP contribution in [0.5, 0.6) is 0 Å². The van der Waals surface area contributed by atoms with Crippen LogP contribution >= 0.6 is 11.3 Å². The molecule has 7 nitrogen and oxygen atoms in total. The van der Waals surface area contributed by atoms with Gasteiger partial charge in [0.15, 0.2) is 5.13 Å². The summed E-state index contributed by atoms with van der Waals surface area (Å²) in [5.74, 6) is -4.60. The number of amides is 3. The predicted molar refractivity (Wildman–Crippen MR) is 96.1 cm³/mol. The summed E-state index contributed by atoms with van der Waals surface area (Å²) in [7, 11) is 0. The number of primary amides is 1. The van der Waals surface area contributed by atoms with E-state index in [1.807, 2.05) is 0 Å². The number of hydrogen-bond acceptors (Lipinski definition) is 5. The van der Waals surface area contributed by atoms with E-state index in [0.29, 0.717) is 5.69 Å². The molecular weight excluding hydrogens is 378 g/mol. The minimum Gasteiger partial charge on any atom is -0.369 e. The standard InChI is InChI=1S/C17H18F2N4O3S/c1-8(2)14(22-15(25)13-10(18)4-3-5-11(13)19)16(26)23-17-21-9(7-27-17)6-12(20)24/h3-5,7-8,14H,6H2,1-2H3,(H2,20,24)(H,22,25)(H,21,23,26). The first kappa shape index (κ1) is 20.4. The summed E-state index contributed by atoms with van der Waals surface area (Å²) in [6, 6.07) is 2.00. The summed E-state index contributed by atoms with van der Waals surface area (Å²) in [6.45, 7) is 3.34. The number of hydrogen-bond donors (Lipinski definition) is 3. The minimum atomic E-state index is -1.06. The first-order valence-corrected chi connectivity index (χ1v) is 8.85. The molecule has 0 aliphatic rings. The fraction of sp³-hybridized carbons (Fsp3) is 0.294. The van der Waals surface area contributed by atoms with Gasteiger partial charge in [-0.25, -0.2) is 13.8 Å². The Balaban J connectivity index is 2.12. The molecule has 0 aliphatic carbocycles. The van der Waals surface area contributed by atoms with E-state index in [2.05, 4.69) is 15.6 Å². The van der Waals surface area contributed by atoms with Crippen LogP contribution in [0.3, 0.4) is 0 Å². The fourth-order valence-electron chi connectivity index (χ4n) is 2.27. The smallest absolute Gasteiger partial charge is 0.257 e. The van der Waals surface area contributed by atoms with Crippen molar-refractivity contribution in [2.24, 2.45) is 11.7 Å². The second-order valence-corrected chi connectivity index (χ2v) is 6.93. The molecule has 2 aromatic rings. The lowest BCUT2D eigenvalue weighted by molar-refractivity contribution is -0.119. The molecule has 0 saturated carbocycles. The zero-order valence-corrected chi connectivity index (χ0v) is 15.4. The Bertz CT molecular complexity index is 849. The number of benzene rings is 1. The maximum absolute atomic E-state index is 13.8. The van der Waals surface area contributed by atoms with Crippen LogP contribution in [-0.2, 0) is 16.0 Å². The van der Waals surface area contributed by atoms with Gasteiger partial charge < -0.3 is 16.4 Å². The number of anilines is 1. The molecule has 1 aromatic carbocycles. The SMILES string of the molecule is CC(C)C(NC(=O)c1c(F)cccc1F)C(=O)Nc1nc(CC(N)=O)cs1. The van der Waals surface area contributed by atoms with E-state index >= 15 is 0 Å². The summed E-state index contributed by atoms with van der Waals surface area (Å²) in [4.78, 5) is 39.7. The number of rotatable bonds is 7. The van der Waals surface area contributed by atoms with Crippen molar-refractivity contribution in [1.29, 1.82) is 0 Å². The summed E-state index contributed by atoms with van der Waals surface area (Å²) < 4.78 is 27.5. The third-order valence-corrected chi connectivity index (χ3v) is 4.37. The molecular formula is C17H18F2N4O3S. The van der Waals surface area contributed by atoms with Crippen LogP contribution in [0.25, 0.3) is 0 Å². The van der Waals surface area contributed by atoms with E-state index in [9.17, 15) is 23.2 Å². The van der Waals surface area contributed by atoms with Gasteiger partial charge >= 0.3 is 0 Å². The fourth-order valence-corrected chi connectivity index (χ4v) is 2.98. The van der Waals surface area contributed by atoms with Gasteiger partial charge in [-0.2, -0.15) is 0 Å². The molecule has 2 rings (SSSR count). The number of halogens is 2. The number of carbonyl (C=O) groups excluding carboxylic acids is 3. The number of nitrogens with zero attached hydrogens (tertiary/aromatic N) is 1. The monoisotopic (exact) mass is 396 g/mol. The van der Waals surface area contributed by atoms with Crippen molar-refractivity contribution in [1.82, 2.24) is 10.3 Å². The summed E-state index contributed by atoms with van der Waals surface area (Å²) in [5.41, 5.74) is 4.74. The summed E-state index contributed by atoms with van der Waals surface area (Å²) in [5, 5.41) is 6.65. The molecule has 144 valence electrons. The zero-order chi connectivity index (χ0) is 20.1. The van der Waals surface area contributed by atoms with E-state index in [4.69, 9.17) is 5.73 Å². The van der Waals surface area contributed by atoms with E-state index < -0.39 is 41.0 Å². The normalized spacial score (nSPS) is 11.9. The quantitative estimate of drug-likeness (QED) is 0.662. The largest absolute Gasteiger partial charge is 0.369 e. The highest BCUT2D eigenvalue weighted by Crippen LogP contribution is 2.18. The van der Waals surface area contributed by atoms with Crippen LogP contribution < -0.4 is 16.4 Å². The molecule has 1 heterocycles. The molecule has 27 heavy (non-hydrogen) atoms. The topological polar surface area (TPSA) is 114 Å². The number of thiazole rings is 1. The first-order chi connectivity index (χ1) is 12.7. The molecule has 4 N–H and O–H groups in total. The Morgan fingerprint density at radius 2 is 1.85 bits per heavy atom. The molecule has 0 spiro atoms. The van der Waals surface area contributed by atoms with Crippen molar-refractivity contribution in [2.45, 2.75) is 26.3 Å². The van der Waals surface area contributed by atoms with E-state index in [-0.39, 0.29) is 17.5 Å². The molecule has 0 radical (unpaired) electrons. The highest BCUT2D eigenvalue weighted by molar-refractivity contribution is 7.13. The van der Waals surface area contributed by atoms with Gasteiger partial charge in [-0.3, -0.25) is 14.4 Å². The van der Waals surface area contributed by atoms with E-state index in [0.717, 1.165) is 29.5 Å². The van der Waals surface area contributed by atoms with Crippen molar-refractivity contribution in [2.75, 3.05) is 5.32 Å². The van der Waals surface area contributed by atoms with Crippen molar-refractivity contribution in [3.8, 4) is 0 Å². The molecule has 0 aliphatic heterocycles. The van der Waals surface area contributed by atoms with Gasteiger partial charge in [0, 0.05) is 5.38 Å². The third-order valence-electron chi connectivity index (χ3n) is 3.56. The molecule has 0 saturated heterocycles. The van der Waals surface area contributed by atoms with Crippen molar-refractivity contribution in [3.05, 3.63) is 46.5 Å². The molecule has 3 amide bonds. The Morgan fingerprint density at radius 3 is 2.41 bits per heavy atom. The highest BCUT2D eigenvalue weighted by atomic mass is 32.1. The lowest BCUT2D eigenvalue weighted by Gasteiger charge is -2.21. The van der Waals surface area contributed by atoms with Gasteiger partial charge in [-0.15, -0.1) is 11.3 Å². The van der Waals surface area contributed by atoms with Crippen molar-refractivity contribution >= 4 is 34.2 Å². The van der Waals surface area contributed by atoms with Gasteiger partial charge in [0.2, 0.25) is 11.8 Å². The Labute approximate surface area is 158 Å². The summed E-state index contributed by atoms with van der Waals surface area (Å²) >= 11 is 1.09. The van der Waals surface area contributed by atoms with Crippen LogP contribution in [0.1, 0.15) is 29.9 Å². The maximum atomic E-state index is 13.8. The zero-order valence-electron chi connectivity index (χ0n) is 14.6. The molecule has 0 bridgehead atoms. The van der Waals surface area contributed by atoms with Crippen molar-refractivity contribution < 1.29 is 23.2 Å². The molecule has 1 atom stereocenters. The molecule has 1 unspecified atom stereocenters.